The van der Waals surface area contributed by atoms with Gasteiger partial charge < -0.3 is 9.84 Å². The molecule has 22 heavy (non-hydrogen) atoms. The van der Waals surface area contributed by atoms with Crippen LogP contribution in [0.25, 0.3) is 0 Å². The van der Waals surface area contributed by atoms with E-state index in [9.17, 15) is 4.79 Å². The number of thiazole rings is 1. The molecule has 0 saturated heterocycles. The topological polar surface area (TPSA) is 62.7 Å². The van der Waals surface area contributed by atoms with E-state index in [0.29, 0.717) is 24.7 Å². The monoisotopic (exact) mass is 340 g/mol. The molecule has 0 aliphatic heterocycles. The third-order valence-corrected chi connectivity index (χ3v) is 4.04. The zero-order valence-electron chi connectivity index (χ0n) is 12.2. The molecule has 0 aliphatic carbocycles. The zero-order valence-corrected chi connectivity index (χ0v) is 13.7. The molecule has 0 spiro atoms. The molecule has 0 amide bonds. The summed E-state index contributed by atoms with van der Waals surface area (Å²) in [6.07, 6.45) is 0.132. The molecule has 1 aromatic carbocycles. The van der Waals surface area contributed by atoms with E-state index in [1.807, 2.05) is 29.5 Å². The fourth-order valence-corrected chi connectivity index (χ4v) is 2.63. The first-order chi connectivity index (χ1) is 10.5. The molecule has 0 atom stereocenters. The van der Waals surface area contributed by atoms with Crippen molar-refractivity contribution in [1.29, 1.82) is 0 Å². The van der Waals surface area contributed by atoms with Gasteiger partial charge in [-0.15, -0.1) is 11.3 Å². The van der Waals surface area contributed by atoms with Crippen LogP contribution in [0.4, 0.5) is 0 Å². The summed E-state index contributed by atoms with van der Waals surface area (Å²) in [5.41, 5.74) is 0.924. The van der Waals surface area contributed by atoms with Crippen LogP contribution in [0, 0.1) is 0 Å². The lowest BCUT2D eigenvalue weighted by atomic mass is 10.3. The molecule has 0 saturated carbocycles. The minimum absolute atomic E-state index is 0.132. The van der Waals surface area contributed by atoms with Crippen molar-refractivity contribution in [1.82, 2.24) is 9.88 Å². The first kappa shape index (κ1) is 16.7. The summed E-state index contributed by atoms with van der Waals surface area (Å²) in [5.74, 6) is -0.0399. The molecule has 1 N–H and O–H groups in total. The Morgan fingerprint density at radius 3 is 2.82 bits per heavy atom. The van der Waals surface area contributed by atoms with Crippen LogP contribution in [0.2, 0.25) is 5.02 Å². The number of halogens is 1. The Hall–Kier alpha value is -1.63. The number of nitrogens with zero attached hydrogens (tertiary/aromatic N) is 2. The van der Waals surface area contributed by atoms with E-state index >= 15 is 0 Å². The van der Waals surface area contributed by atoms with E-state index in [4.69, 9.17) is 21.4 Å². The average Bonchev–Trinajstić information content (AvgIpc) is 2.92. The van der Waals surface area contributed by atoms with Gasteiger partial charge in [0.05, 0.1) is 12.1 Å². The van der Waals surface area contributed by atoms with Gasteiger partial charge in [-0.2, -0.15) is 0 Å². The maximum absolute atomic E-state index is 10.5. The van der Waals surface area contributed by atoms with Crippen molar-refractivity contribution in [2.24, 2.45) is 0 Å². The van der Waals surface area contributed by atoms with Crippen molar-refractivity contribution in [2.45, 2.75) is 19.6 Å². The SMILES string of the molecule is CN(CCC(=O)O)Cc1csc(COc2ccc(Cl)cc2)n1. The van der Waals surface area contributed by atoms with Crippen molar-refractivity contribution < 1.29 is 14.6 Å². The Balaban J connectivity index is 1.80. The second-order valence-electron chi connectivity index (χ2n) is 4.86. The third kappa shape index (κ3) is 5.63. The highest BCUT2D eigenvalue weighted by Crippen LogP contribution is 2.18. The molecule has 1 heterocycles. The molecule has 1 aromatic heterocycles. The van der Waals surface area contributed by atoms with Crippen LogP contribution in [0.5, 0.6) is 5.75 Å². The second-order valence-corrected chi connectivity index (χ2v) is 6.24. The van der Waals surface area contributed by atoms with Gasteiger partial charge in [-0.3, -0.25) is 9.69 Å². The smallest absolute Gasteiger partial charge is 0.304 e. The largest absolute Gasteiger partial charge is 0.486 e. The molecule has 7 heteroatoms. The Morgan fingerprint density at radius 1 is 1.41 bits per heavy atom. The van der Waals surface area contributed by atoms with Gasteiger partial charge in [0, 0.05) is 23.5 Å². The fourth-order valence-electron chi connectivity index (χ4n) is 1.81. The highest BCUT2D eigenvalue weighted by atomic mass is 35.5. The molecule has 2 rings (SSSR count). The molecular formula is C15H17ClN2O3S. The standard InChI is InChI=1S/C15H17ClN2O3S/c1-18(7-6-15(19)20)8-12-10-22-14(17-12)9-21-13-4-2-11(16)3-5-13/h2-5,10H,6-9H2,1H3,(H,19,20). The number of benzene rings is 1. The van der Waals surface area contributed by atoms with E-state index in [2.05, 4.69) is 4.98 Å². The molecule has 0 aliphatic rings. The summed E-state index contributed by atoms with van der Waals surface area (Å²) in [7, 11) is 1.88. The first-order valence-corrected chi connectivity index (χ1v) is 8.00. The zero-order chi connectivity index (χ0) is 15.9. The Labute approximate surface area is 138 Å². The second kappa shape index (κ2) is 8.12. The first-order valence-electron chi connectivity index (χ1n) is 6.75. The van der Waals surface area contributed by atoms with Crippen molar-refractivity contribution in [2.75, 3.05) is 13.6 Å². The normalized spacial score (nSPS) is 10.9. The molecule has 0 fully saturated rings. The quantitative estimate of drug-likeness (QED) is 0.799. The van der Waals surface area contributed by atoms with E-state index in [1.54, 1.807) is 12.1 Å². The Kier molecular flexibility index (Phi) is 6.18. The van der Waals surface area contributed by atoms with Crippen molar-refractivity contribution in [3.8, 4) is 5.75 Å². The maximum Gasteiger partial charge on any atom is 0.304 e. The summed E-state index contributed by atoms with van der Waals surface area (Å²) in [5, 5.41) is 12.2. The van der Waals surface area contributed by atoms with Gasteiger partial charge >= 0.3 is 5.97 Å². The third-order valence-electron chi connectivity index (χ3n) is 2.91. The lowest BCUT2D eigenvalue weighted by molar-refractivity contribution is -0.137. The summed E-state index contributed by atoms with van der Waals surface area (Å²) < 4.78 is 5.64. The maximum atomic E-state index is 10.5. The lowest BCUT2D eigenvalue weighted by Gasteiger charge is -2.13. The number of carboxylic acid groups (broad SMARTS) is 1. The van der Waals surface area contributed by atoms with Crippen LogP contribution in [0.1, 0.15) is 17.1 Å². The van der Waals surface area contributed by atoms with Gasteiger partial charge in [-0.25, -0.2) is 4.98 Å². The van der Waals surface area contributed by atoms with Crippen LogP contribution >= 0.6 is 22.9 Å². The summed E-state index contributed by atoms with van der Waals surface area (Å²) in [4.78, 5) is 17.0. The van der Waals surface area contributed by atoms with E-state index in [1.165, 1.54) is 11.3 Å². The molecule has 0 radical (unpaired) electrons. The average molecular weight is 341 g/mol. The number of carbonyl (C=O) groups is 1. The summed E-state index contributed by atoms with van der Waals surface area (Å²) in [6, 6.07) is 7.19. The molecular weight excluding hydrogens is 324 g/mol. The van der Waals surface area contributed by atoms with Gasteiger partial charge in [0.1, 0.15) is 17.4 Å². The van der Waals surface area contributed by atoms with Gasteiger partial charge in [-0.1, -0.05) is 11.6 Å². The van der Waals surface area contributed by atoms with Crippen molar-refractivity contribution >= 4 is 28.9 Å². The number of aliphatic carboxylic acids is 1. The Bertz CT molecular complexity index is 616. The van der Waals surface area contributed by atoms with E-state index in [-0.39, 0.29) is 6.42 Å². The predicted octanol–water partition coefficient (Wildman–Crippen LogP) is 3.28. The van der Waals surface area contributed by atoms with Crippen molar-refractivity contribution in [3.63, 3.8) is 0 Å². The highest BCUT2D eigenvalue weighted by molar-refractivity contribution is 7.09. The number of hydrogen-bond donors (Lipinski definition) is 1. The predicted molar refractivity (Wildman–Crippen MR) is 86.5 cm³/mol. The molecule has 0 unspecified atom stereocenters. The van der Waals surface area contributed by atoms with Gasteiger partial charge in [0.15, 0.2) is 0 Å². The fraction of sp³-hybridized carbons (Fsp3) is 0.333. The highest BCUT2D eigenvalue weighted by Gasteiger charge is 2.07. The molecule has 0 bridgehead atoms. The number of hydrogen-bond acceptors (Lipinski definition) is 5. The van der Waals surface area contributed by atoms with Crippen molar-refractivity contribution in [3.05, 3.63) is 45.4 Å². The van der Waals surface area contributed by atoms with Crippen LogP contribution in [-0.4, -0.2) is 34.6 Å². The minimum Gasteiger partial charge on any atom is -0.486 e. The van der Waals surface area contributed by atoms with Crippen LogP contribution < -0.4 is 4.74 Å². The molecule has 2 aromatic rings. The molecule has 118 valence electrons. The van der Waals surface area contributed by atoms with Crippen LogP contribution in [-0.2, 0) is 17.9 Å². The van der Waals surface area contributed by atoms with E-state index < -0.39 is 5.97 Å². The van der Waals surface area contributed by atoms with Crippen LogP contribution in [0.15, 0.2) is 29.6 Å². The lowest BCUT2D eigenvalue weighted by Crippen LogP contribution is -2.21. The number of ether oxygens (including phenoxy) is 1. The minimum atomic E-state index is -0.790. The van der Waals surface area contributed by atoms with Gasteiger partial charge in [0.25, 0.3) is 0 Å². The number of rotatable bonds is 8. The number of carboxylic acids is 1. The van der Waals surface area contributed by atoms with Crippen LogP contribution in [0.3, 0.4) is 0 Å². The summed E-state index contributed by atoms with van der Waals surface area (Å²) >= 11 is 7.35. The van der Waals surface area contributed by atoms with Gasteiger partial charge in [0.2, 0.25) is 0 Å². The Morgan fingerprint density at radius 2 is 2.14 bits per heavy atom. The van der Waals surface area contributed by atoms with E-state index in [0.717, 1.165) is 16.5 Å². The number of aromatic nitrogens is 1. The molecule has 5 nitrogen and oxygen atoms in total. The summed E-state index contributed by atoms with van der Waals surface area (Å²) in [6.45, 7) is 1.54. The van der Waals surface area contributed by atoms with Gasteiger partial charge in [-0.05, 0) is 31.3 Å².